The lowest BCUT2D eigenvalue weighted by atomic mass is 9.95. The average molecular weight is 382 g/mol. The number of carbonyl (C=O) groups excluding carboxylic acids is 1. The fraction of sp³-hybridized carbons (Fsp3) is 0.500. The number of rotatable bonds is 6. The molecule has 1 aliphatic rings. The fourth-order valence-electron chi connectivity index (χ4n) is 2.53. The number of ether oxygens (including phenoxy) is 2. The Labute approximate surface area is 146 Å². The lowest BCUT2D eigenvalue weighted by Crippen LogP contribution is -2.33. The summed E-state index contributed by atoms with van der Waals surface area (Å²) in [5, 5.41) is 2.92. The van der Waals surface area contributed by atoms with E-state index in [2.05, 4.69) is 35.1 Å². The molecule has 0 radical (unpaired) electrons. The number of halogens is 1. The molecular weight excluding hydrogens is 358 g/mol. The lowest BCUT2D eigenvalue weighted by Gasteiger charge is -2.22. The van der Waals surface area contributed by atoms with Crippen LogP contribution in [0.15, 0.2) is 34.8 Å². The molecule has 0 spiro atoms. The summed E-state index contributed by atoms with van der Waals surface area (Å²) >= 11 is 3.43. The van der Waals surface area contributed by atoms with Crippen LogP contribution in [-0.2, 0) is 14.3 Å². The van der Waals surface area contributed by atoms with Gasteiger partial charge in [0.2, 0.25) is 5.91 Å². The molecular formula is C18H24BrNO3. The summed E-state index contributed by atoms with van der Waals surface area (Å²) in [4.78, 5) is 12.2. The molecule has 0 saturated carbocycles. The van der Waals surface area contributed by atoms with Crippen molar-refractivity contribution in [3.63, 3.8) is 0 Å². The van der Waals surface area contributed by atoms with Crippen molar-refractivity contribution in [1.29, 1.82) is 0 Å². The Bertz CT molecular complexity index is 560. The largest absolute Gasteiger partial charge is 0.352 e. The van der Waals surface area contributed by atoms with E-state index in [1.165, 1.54) is 0 Å². The molecule has 0 aromatic heterocycles. The van der Waals surface area contributed by atoms with Gasteiger partial charge in [-0.25, -0.2) is 0 Å². The van der Waals surface area contributed by atoms with E-state index in [1.807, 2.05) is 31.2 Å². The molecule has 1 N–H and O–H groups in total. The molecule has 2 rings (SSSR count). The van der Waals surface area contributed by atoms with Crippen molar-refractivity contribution in [2.24, 2.45) is 5.92 Å². The smallest absolute Gasteiger partial charge is 0.244 e. The average Bonchev–Trinajstić information content (AvgIpc) is 2.92. The Morgan fingerprint density at radius 2 is 1.91 bits per heavy atom. The molecule has 1 aromatic rings. The van der Waals surface area contributed by atoms with Gasteiger partial charge in [-0.3, -0.25) is 4.79 Å². The van der Waals surface area contributed by atoms with Crippen LogP contribution in [0.25, 0.3) is 5.57 Å². The summed E-state index contributed by atoms with van der Waals surface area (Å²) in [6, 6.07) is 8.01. The van der Waals surface area contributed by atoms with Crippen LogP contribution in [-0.4, -0.2) is 31.5 Å². The van der Waals surface area contributed by atoms with Gasteiger partial charge < -0.3 is 14.8 Å². The summed E-state index contributed by atoms with van der Waals surface area (Å²) in [6.07, 6.45) is 2.33. The van der Waals surface area contributed by atoms with Crippen LogP contribution in [0.3, 0.4) is 0 Å². The predicted octanol–water partition coefficient (Wildman–Crippen LogP) is 3.76. The molecule has 4 nitrogen and oxygen atoms in total. The normalized spacial score (nSPS) is 17.5. The molecule has 0 aliphatic carbocycles. The standard InChI is InChI=1S/C18H24BrNO3/c1-13(2)16(14-4-6-15(19)7-5-14)12-17(21)20-9-8-18(3)22-10-11-23-18/h4-7,12-13H,8-11H2,1-3H3,(H,20,21)/b16-12+. The number of benzene rings is 1. The van der Waals surface area contributed by atoms with Gasteiger partial charge in [0.1, 0.15) is 0 Å². The number of allylic oxidation sites excluding steroid dienone is 1. The Kier molecular flexibility index (Phi) is 6.39. The number of nitrogens with one attached hydrogen (secondary N) is 1. The second kappa shape index (κ2) is 8.08. The molecule has 1 amide bonds. The highest BCUT2D eigenvalue weighted by molar-refractivity contribution is 9.10. The molecule has 23 heavy (non-hydrogen) atoms. The van der Waals surface area contributed by atoms with Crippen molar-refractivity contribution in [1.82, 2.24) is 5.32 Å². The minimum atomic E-state index is -0.566. The fourth-order valence-corrected chi connectivity index (χ4v) is 2.80. The monoisotopic (exact) mass is 381 g/mol. The molecule has 5 heteroatoms. The summed E-state index contributed by atoms with van der Waals surface area (Å²) in [5.41, 5.74) is 2.09. The first kappa shape index (κ1) is 18.2. The summed E-state index contributed by atoms with van der Waals surface area (Å²) in [5.74, 6) is -0.386. The molecule has 1 aromatic carbocycles. The highest BCUT2D eigenvalue weighted by Crippen LogP contribution is 2.25. The first-order valence-electron chi connectivity index (χ1n) is 7.93. The zero-order valence-corrected chi connectivity index (χ0v) is 15.5. The Balaban J connectivity index is 1.95. The van der Waals surface area contributed by atoms with E-state index in [0.29, 0.717) is 26.2 Å². The van der Waals surface area contributed by atoms with Crippen molar-refractivity contribution in [3.05, 3.63) is 40.4 Å². The quantitative estimate of drug-likeness (QED) is 0.763. The molecule has 1 aliphatic heterocycles. The Hall–Kier alpha value is -1.17. The van der Waals surface area contributed by atoms with E-state index in [1.54, 1.807) is 6.08 Å². The van der Waals surface area contributed by atoms with Crippen molar-refractivity contribution in [3.8, 4) is 0 Å². The molecule has 1 fully saturated rings. The molecule has 0 bridgehead atoms. The van der Waals surface area contributed by atoms with E-state index in [0.717, 1.165) is 15.6 Å². The van der Waals surface area contributed by atoms with Gasteiger partial charge in [-0.2, -0.15) is 0 Å². The molecule has 0 atom stereocenters. The maximum atomic E-state index is 12.2. The topological polar surface area (TPSA) is 47.6 Å². The first-order valence-corrected chi connectivity index (χ1v) is 8.72. The number of amides is 1. The van der Waals surface area contributed by atoms with Gasteiger partial charge in [-0.15, -0.1) is 0 Å². The lowest BCUT2D eigenvalue weighted by molar-refractivity contribution is -0.146. The first-order chi connectivity index (χ1) is 10.9. The molecule has 126 valence electrons. The highest BCUT2D eigenvalue weighted by Gasteiger charge is 2.30. The summed E-state index contributed by atoms with van der Waals surface area (Å²) in [6.45, 7) is 7.84. The third-order valence-corrected chi connectivity index (χ3v) is 4.39. The highest BCUT2D eigenvalue weighted by atomic mass is 79.9. The maximum Gasteiger partial charge on any atom is 0.244 e. The van der Waals surface area contributed by atoms with E-state index in [4.69, 9.17) is 9.47 Å². The van der Waals surface area contributed by atoms with Gasteiger partial charge in [-0.1, -0.05) is 41.9 Å². The zero-order chi connectivity index (χ0) is 16.9. The van der Waals surface area contributed by atoms with Crippen molar-refractivity contribution < 1.29 is 14.3 Å². The minimum Gasteiger partial charge on any atom is -0.352 e. The summed E-state index contributed by atoms with van der Waals surface area (Å²) in [7, 11) is 0. The zero-order valence-electron chi connectivity index (χ0n) is 13.9. The second-order valence-electron chi connectivity index (χ2n) is 6.13. The van der Waals surface area contributed by atoms with Crippen molar-refractivity contribution in [2.75, 3.05) is 19.8 Å². The van der Waals surface area contributed by atoms with Crippen molar-refractivity contribution >= 4 is 27.4 Å². The van der Waals surface area contributed by atoms with Gasteiger partial charge in [0, 0.05) is 23.5 Å². The SMILES string of the molecule is CC(C)/C(=C\C(=O)NCCC1(C)OCCO1)c1ccc(Br)cc1. The Morgan fingerprint density at radius 1 is 1.30 bits per heavy atom. The number of hydrogen-bond donors (Lipinski definition) is 1. The van der Waals surface area contributed by atoms with E-state index >= 15 is 0 Å². The third kappa shape index (κ3) is 5.44. The van der Waals surface area contributed by atoms with E-state index < -0.39 is 5.79 Å². The van der Waals surface area contributed by atoms with Crippen LogP contribution in [0.4, 0.5) is 0 Å². The number of hydrogen-bond acceptors (Lipinski definition) is 3. The number of carbonyl (C=O) groups is 1. The van der Waals surface area contributed by atoms with Gasteiger partial charge in [-0.05, 0) is 36.1 Å². The molecule has 1 heterocycles. The van der Waals surface area contributed by atoms with E-state index in [-0.39, 0.29) is 11.8 Å². The van der Waals surface area contributed by atoms with Gasteiger partial charge in [0.25, 0.3) is 0 Å². The van der Waals surface area contributed by atoms with E-state index in [9.17, 15) is 4.79 Å². The molecule has 0 unspecified atom stereocenters. The van der Waals surface area contributed by atoms with Gasteiger partial charge >= 0.3 is 0 Å². The van der Waals surface area contributed by atoms with Crippen LogP contribution in [0.2, 0.25) is 0 Å². The minimum absolute atomic E-state index is 0.0850. The van der Waals surface area contributed by atoms with Crippen LogP contribution < -0.4 is 5.32 Å². The Morgan fingerprint density at radius 3 is 2.48 bits per heavy atom. The van der Waals surface area contributed by atoms with Gasteiger partial charge in [0.05, 0.1) is 13.2 Å². The predicted molar refractivity (Wildman–Crippen MR) is 94.9 cm³/mol. The third-order valence-electron chi connectivity index (χ3n) is 3.86. The van der Waals surface area contributed by atoms with Gasteiger partial charge in [0.15, 0.2) is 5.79 Å². The van der Waals surface area contributed by atoms with Crippen LogP contribution >= 0.6 is 15.9 Å². The van der Waals surface area contributed by atoms with Crippen molar-refractivity contribution in [2.45, 2.75) is 33.0 Å². The molecule has 1 saturated heterocycles. The van der Waals surface area contributed by atoms with Crippen LogP contribution in [0.1, 0.15) is 32.8 Å². The second-order valence-corrected chi connectivity index (χ2v) is 7.05. The van der Waals surface area contributed by atoms with Crippen LogP contribution in [0, 0.1) is 5.92 Å². The summed E-state index contributed by atoms with van der Waals surface area (Å²) < 4.78 is 12.1. The van der Waals surface area contributed by atoms with Crippen LogP contribution in [0.5, 0.6) is 0 Å². The maximum absolute atomic E-state index is 12.2.